The number of hydrogen-bond donors (Lipinski definition) is 3. The number of fused-ring (bicyclic) bond motifs is 1. The van der Waals surface area contributed by atoms with Crippen LogP contribution in [0.25, 0.3) is 10.9 Å². The zero-order valence-electron chi connectivity index (χ0n) is 17.2. The predicted molar refractivity (Wildman–Crippen MR) is 128 cm³/mol. The van der Waals surface area contributed by atoms with Gasteiger partial charge in [0.1, 0.15) is 0 Å². The monoisotopic (exact) mass is 501 g/mol. The lowest BCUT2D eigenvalue weighted by molar-refractivity contribution is -0.0175. The van der Waals surface area contributed by atoms with E-state index in [0.29, 0.717) is 36.6 Å². The molecule has 1 atom stereocenters. The first-order chi connectivity index (χ1) is 14.8. The largest absolute Gasteiger partial charge is 0.481 e. The highest BCUT2D eigenvalue weighted by Crippen LogP contribution is 2.48. The quantitative estimate of drug-likeness (QED) is 0.310. The molecule has 5 nitrogen and oxygen atoms in total. The highest BCUT2D eigenvalue weighted by Gasteiger charge is 2.43. The summed E-state index contributed by atoms with van der Waals surface area (Å²) in [6.45, 7) is 0. The van der Waals surface area contributed by atoms with Crippen LogP contribution < -0.4 is 10.5 Å². The van der Waals surface area contributed by atoms with Crippen molar-refractivity contribution in [3.05, 3.63) is 69.2 Å². The Morgan fingerprint density at radius 2 is 1.90 bits per heavy atom. The molecule has 4 rings (SSSR count). The lowest BCUT2D eigenvalue weighted by Gasteiger charge is -2.42. The Labute approximate surface area is 195 Å². The van der Waals surface area contributed by atoms with Crippen LogP contribution in [0.5, 0.6) is 5.88 Å². The number of ether oxygens (including phenoxy) is 1. The molecule has 3 aromatic rings. The van der Waals surface area contributed by atoms with Crippen molar-refractivity contribution in [1.82, 2.24) is 4.98 Å². The number of rotatable bonds is 5. The highest BCUT2D eigenvalue weighted by molar-refractivity contribution is 9.10. The summed E-state index contributed by atoms with van der Waals surface area (Å²) in [5.41, 5.74) is 7.33. The molecule has 0 bridgehead atoms. The second-order valence-electron chi connectivity index (χ2n) is 8.24. The van der Waals surface area contributed by atoms with Crippen molar-refractivity contribution in [3.8, 4) is 5.88 Å². The van der Waals surface area contributed by atoms with Gasteiger partial charge in [0.15, 0.2) is 0 Å². The molecule has 1 unspecified atom stereocenters. The van der Waals surface area contributed by atoms with Gasteiger partial charge >= 0.3 is 0 Å². The number of amidine groups is 1. The van der Waals surface area contributed by atoms with Gasteiger partial charge in [0.05, 0.1) is 24.1 Å². The van der Waals surface area contributed by atoms with Gasteiger partial charge in [-0.2, -0.15) is 0 Å². The molecule has 0 saturated heterocycles. The molecule has 1 aliphatic carbocycles. The van der Waals surface area contributed by atoms with Crippen molar-refractivity contribution >= 4 is 44.3 Å². The summed E-state index contributed by atoms with van der Waals surface area (Å²) >= 11 is 9.68. The zero-order chi connectivity index (χ0) is 22.2. The maximum atomic E-state index is 11.9. The van der Waals surface area contributed by atoms with E-state index in [9.17, 15) is 5.11 Å². The standard InChI is InChI=1S/C24H25BrClN3O2/c1-31-23-19(13-16-12-17(25)4-7-20(16)29-23)21(14-2-5-18(26)6-3-14)24(30)10-8-15(9-11-24)22(27)28/h2-7,12-13,15,21,30H,8-11H2,1H3,(H3,27,28). The van der Waals surface area contributed by atoms with Crippen LogP contribution in [-0.2, 0) is 0 Å². The number of nitrogens with one attached hydrogen (secondary N) is 1. The number of pyridine rings is 1. The van der Waals surface area contributed by atoms with Gasteiger partial charge in [-0.1, -0.05) is 39.7 Å². The van der Waals surface area contributed by atoms with Crippen LogP contribution in [0.3, 0.4) is 0 Å². The molecule has 31 heavy (non-hydrogen) atoms. The summed E-state index contributed by atoms with van der Waals surface area (Å²) in [5, 5.41) is 21.3. The third kappa shape index (κ3) is 4.43. The molecule has 1 saturated carbocycles. The summed E-state index contributed by atoms with van der Waals surface area (Å²) in [6.07, 6.45) is 2.41. The van der Waals surface area contributed by atoms with Crippen molar-refractivity contribution in [2.45, 2.75) is 37.2 Å². The van der Waals surface area contributed by atoms with Crippen molar-refractivity contribution < 1.29 is 9.84 Å². The zero-order valence-corrected chi connectivity index (χ0v) is 19.6. The van der Waals surface area contributed by atoms with Crippen molar-refractivity contribution in [2.75, 3.05) is 7.11 Å². The van der Waals surface area contributed by atoms with E-state index in [1.165, 1.54) is 0 Å². The third-order valence-corrected chi connectivity index (χ3v) is 7.05. The van der Waals surface area contributed by atoms with Gasteiger partial charge in [0.2, 0.25) is 5.88 Å². The number of nitrogens with zero attached hydrogens (tertiary/aromatic N) is 1. The molecule has 2 aromatic carbocycles. The Balaban J connectivity index is 1.87. The molecule has 1 heterocycles. The van der Waals surface area contributed by atoms with Crippen LogP contribution in [0.15, 0.2) is 53.0 Å². The average molecular weight is 503 g/mol. The van der Waals surface area contributed by atoms with Crippen LogP contribution in [0.2, 0.25) is 5.02 Å². The number of nitrogens with two attached hydrogens (primary N) is 1. The van der Waals surface area contributed by atoms with Crippen molar-refractivity contribution in [1.29, 1.82) is 5.41 Å². The first-order valence-electron chi connectivity index (χ1n) is 10.3. The Morgan fingerprint density at radius 3 is 2.52 bits per heavy atom. The number of aliphatic hydroxyl groups is 1. The first kappa shape index (κ1) is 22.1. The molecule has 7 heteroatoms. The molecular formula is C24H25BrClN3O2. The smallest absolute Gasteiger partial charge is 0.217 e. The van der Waals surface area contributed by atoms with Gasteiger partial charge < -0.3 is 15.6 Å². The number of hydrogen-bond acceptors (Lipinski definition) is 4. The molecule has 1 fully saturated rings. The molecule has 1 aromatic heterocycles. The topological polar surface area (TPSA) is 92.2 Å². The molecular weight excluding hydrogens is 478 g/mol. The average Bonchev–Trinajstić information content (AvgIpc) is 2.75. The number of methoxy groups -OCH3 is 1. The lowest BCUT2D eigenvalue weighted by Crippen LogP contribution is -2.43. The normalized spacial score (nSPS) is 22.3. The minimum absolute atomic E-state index is 0.0127. The predicted octanol–water partition coefficient (Wildman–Crippen LogP) is 5.65. The Bertz CT molecular complexity index is 1110. The maximum Gasteiger partial charge on any atom is 0.217 e. The van der Waals surface area contributed by atoms with E-state index in [1.807, 2.05) is 42.5 Å². The van der Waals surface area contributed by atoms with Gasteiger partial charge in [-0.25, -0.2) is 4.98 Å². The third-order valence-electron chi connectivity index (χ3n) is 6.31. The van der Waals surface area contributed by atoms with Gasteiger partial charge in [0, 0.05) is 32.3 Å². The van der Waals surface area contributed by atoms with E-state index in [2.05, 4.69) is 22.0 Å². The Kier molecular flexibility index (Phi) is 6.24. The number of aromatic nitrogens is 1. The summed E-state index contributed by atoms with van der Waals surface area (Å²) < 4.78 is 6.65. The minimum Gasteiger partial charge on any atom is -0.481 e. The van der Waals surface area contributed by atoms with Crippen LogP contribution in [0.4, 0.5) is 0 Å². The second kappa shape index (κ2) is 8.77. The minimum atomic E-state index is -1.02. The van der Waals surface area contributed by atoms with E-state index in [0.717, 1.165) is 26.5 Å². The molecule has 0 aliphatic heterocycles. The van der Waals surface area contributed by atoms with Crippen LogP contribution in [-0.4, -0.2) is 28.6 Å². The maximum absolute atomic E-state index is 11.9. The van der Waals surface area contributed by atoms with E-state index < -0.39 is 5.60 Å². The molecule has 162 valence electrons. The fraction of sp³-hybridized carbons (Fsp3) is 0.333. The number of benzene rings is 2. The Morgan fingerprint density at radius 1 is 1.23 bits per heavy atom. The lowest BCUT2D eigenvalue weighted by atomic mass is 9.67. The van der Waals surface area contributed by atoms with E-state index in [-0.39, 0.29) is 17.7 Å². The summed E-state index contributed by atoms with van der Waals surface area (Å²) in [7, 11) is 1.60. The fourth-order valence-corrected chi connectivity index (χ4v) is 5.17. The highest BCUT2D eigenvalue weighted by atomic mass is 79.9. The van der Waals surface area contributed by atoms with Crippen molar-refractivity contribution in [3.63, 3.8) is 0 Å². The van der Waals surface area contributed by atoms with Crippen LogP contribution >= 0.6 is 27.5 Å². The van der Waals surface area contributed by atoms with Crippen LogP contribution in [0.1, 0.15) is 42.7 Å². The fourth-order valence-electron chi connectivity index (χ4n) is 4.67. The van der Waals surface area contributed by atoms with Gasteiger partial charge in [0.25, 0.3) is 0 Å². The second-order valence-corrected chi connectivity index (χ2v) is 9.59. The first-order valence-corrected chi connectivity index (χ1v) is 11.4. The number of halogens is 2. The van der Waals surface area contributed by atoms with Gasteiger partial charge in [-0.15, -0.1) is 0 Å². The molecule has 4 N–H and O–H groups in total. The summed E-state index contributed by atoms with van der Waals surface area (Å²) in [4.78, 5) is 4.73. The molecule has 0 radical (unpaired) electrons. The SMILES string of the molecule is COc1nc2ccc(Br)cc2cc1C(c1ccc(Cl)cc1)C1(O)CCC(C(=N)N)CC1. The van der Waals surface area contributed by atoms with E-state index in [1.54, 1.807) is 7.11 Å². The van der Waals surface area contributed by atoms with Gasteiger partial charge in [-0.3, -0.25) is 5.41 Å². The van der Waals surface area contributed by atoms with E-state index in [4.69, 9.17) is 32.5 Å². The van der Waals surface area contributed by atoms with Crippen molar-refractivity contribution in [2.24, 2.45) is 11.7 Å². The Hall–Kier alpha value is -2.15. The molecule has 0 spiro atoms. The van der Waals surface area contributed by atoms with Crippen LogP contribution in [0, 0.1) is 11.3 Å². The van der Waals surface area contributed by atoms with E-state index >= 15 is 0 Å². The molecule has 1 aliphatic rings. The summed E-state index contributed by atoms with van der Waals surface area (Å²) in [6, 6.07) is 15.5. The summed E-state index contributed by atoms with van der Waals surface area (Å²) in [5.74, 6) is 0.346. The molecule has 0 amide bonds. The van der Waals surface area contributed by atoms with Gasteiger partial charge in [-0.05, 0) is 67.6 Å².